The Morgan fingerprint density at radius 1 is 1.07 bits per heavy atom. The molecule has 0 bridgehead atoms. The van der Waals surface area contributed by atoms with E-state index < -0.39 is 5.91 Å². The number of carbonyl (C=O) groups excluding carboxylic acids is 2. The van der Waals surface area contributed by atoms with Crippen LogP contribution in [-0.2, 0) is 4.79 Å². The van der Waals surface area contributed by atoms with Crippen LogP contribution in [-0.4, -0.2) is 23.0 Å². The van der Waals surface area contributed by atoms with Gasteiger partial charge in [0.1, 0.15) is 0 Å². The van der Waals surface area contributed by atoms with Crippen LogP contribution in [0.2, 0.25) is 5.02 Å². The first-order chi connectivity index (χ1) is 12.9. The molecule has 2 aromatic rings. The number of hydrogen-bond donors (Lipinski definition) is 3. The summed E-state index contributed by atoms with van der Waals surface area (Å²) in [4.78, 5) is 24.3. The number of thiocarbonyl (C=S) groups is 1. The first-order valence-corrected chi connectivity index (χ1v) is 9.10. The molecule has 0 fully saturated rings. The number of hydrogen-bond acceptors (Lipinski definition) is 3. The molecule has 0 radical (unpaired) electrons. The van der Waals surface area contributed by atoms with Gasteiger partial charge in [0.15, 0.2) is 5.11 Å². The Hall–Kier alpha value is -2.70. The zero-order valence-corrected chi connectivity index (χ0v) is 16.5. The maximum Gasteiger partial charge on any atom is 0.253 e. The van der Waals surface area contributed by atoms with Gasteiger partial charge in [-0.05, 0) is 55.9 Å². The molecule has 0 aliphatic rings. The molecule has 0 spiro atoms. The van der Waals surface area contributed by atoms with E-state index in [1.54, 1.807) is 42.5 Å². The highest BCUT2D eigenvalue weighted by molar-refractivity contribution is 7.80. The molecule has 7 heteroatoms. The molecule has 27 heavy (non-hydrogen) atoms. The average Bonchev–Trinajstić information content (AvgIpc) is 2.60. The molecule has 0 aliphatic carbocycles. The Labute approximate surface area is 168 Å². The second-order valence-corrected chi connectivity index (χ2v) is 6.79. The third kappa shape index (κ3) is 6.51. The summed E-state index contributed by atoms with van der Waals surface area (Å²) in [6.45, 7) is 3.76. The fourth-order valence-corrected chi connectivity index (χ4v) is 2.62. The number of rotatable bonds is 5. The van der Waals surface area contributed by atoms with E-state index in [4.69, 9.17) is 23.8 Å². The number of halogens is 1. The van der Waals surface area contributed by atoms with Gasteiger partial charge in [-0.15, -0.1) is 0 Å². The average molecular weight is 402 g/mol. The number of benzene rings is 2. The zero-order valence-electron chi connectivity index (χ0n) is 15.0. The largest absolute Gasteiger partial charge is 0.350 e. The van der Waals surface area contributed by atoms with Crippen LogP contribution in [0, 0.1) is 0 Å². The molecule has 2 aromatic carbocycles. The summed E-state index contributed by atoms with van der Waals surface area (Å²) in [5, 5.41) is 8.89. The summed E-state index contributed by atoms with van der Waals surface area (Å²) >= 11 is 11.2. The monoisotopic (exact) mass is 401 g/mol. The van der Waals surface area contributed by atoms with Gasteiger partial charge in [-0.3, -0.25) is 14.9 Å². The van der Waals surface area contributed by atoms with Crippen molar-refractivity contribution in [1.82, 2.24) is 10.6 Å². The molecular formula is C20H20ClN3O2S. The van der Waals surface area contributed by atoms with Crippen LogP contribution >= 0.6 is 23.8 Å². The second kappa shape index (κ2) is 9.85. The highest BCUT2D eigenvalue weighted by Gasteiger charge is 2.13. The second-order valence-electron chi connectivity index (χ2n) is 5.97. The first-order valence-electron chi connectivity index (χ1n) is 8.31. The predicted molar refractivity (Wildman–Crippen MR) is 114 cm³/mol. The van der Waals surface area contributed by atoms with Crippen LogP contribution in [0.15, 0.2) is 54.6 Å². The first kappa shape index (κ1) is 20.6. The topological polar surface area (TPSA) is 70.2 Å². The third-order valence-electron chi connectivity index (χ3n) is 3.40. The van der Waals surface area contributed by atoms with E-state index in [-0.39, 0.29) is 17.1 Å². The molecule has 0 atom stereocenters. The Morgan fingerprint density at radius 2 is 1.74 bits per heavy atom. The van der Waals surface area contributed by atoms with E-state index in [0.717, 1.165) is 5.56 Å². The van der Waals surface area contributed by atoms with Crippen molar-refractivity contribution >= 4 is 52.5 Å². The van der Waals surface area contributed by atoms with E-state index in [1.807, 2.05) is 26.0 Å². The van der Waals surface area contributed by atoms with Crippen molar-refractivity contribution in [3.05, 3.63) is 70.8 Å². The zero-order chi connectivity index (χ0) is 19.8. The number of amides is 2. The number of para-hydroxylation sites is 1. The fourth-order valence-electron chi connectivity index (χ4n) is 2.21. The summed E-state index contributed by atoms with van der Waals surface area (Å²) < 4.78 is 0. The standard InChI is InChI=1S/C20H20ClN3O2S/c1-13(2)22-19(26)15-8-4-6-10-17(15)23-20(27)24-18(25)12-11-14-7-3-5-9-16(14)21/h3-13H,1-2H3,(H,22,26)(H2,23,24,25,27). The Kier molecular flexibility index (Phi) is 7.52. The van der Waals surface area contributed by atoms with Gasteiger partial charge in [0, 0.05) is 17.1 Å². The van der Waals surface area contributed by atoms with Crippen molar-refractivity contribution in [3.8, 4) is 0 Å². The Balaban J connectivity index is 2.01. The van der Waals surface area contributed by atoms with E-state index in [1.165, 1.54) is 6.08 Å². The van der Waals surface area contributed by atoms with Gasteiger partial charge in [-0.2, -0.15) is 0 Å². The SMILES string of the molecule is CC(C)NC(=O)c1ccccc1NC(=S)NC(=O)C=Cc1ccccc1Cl. The summed E-state index contributed by atoms with van der Waals surface area (Å²) in [5.74, 6) is -0.627. The lowest BCUT2D eigenvalue weighted by Crippen LogP contribution is -2.34. The molecule has 0 heterocycles. The lowest BCUT2D eigenvalue weighted by molar-refractivity contribution is -0.115. The van der Waals surface area contributed by atoms with Gasteiger partial charge in [0.2, 0.25) is 5.91 Å². The van der Waals surface area contributed by atoms with Crippen molar-refractivity contribution in [3.63, 3.8) is 0 Å². The van der Waals surface area contributed by atoms with Crippen molar-refractivity contribution in [1.29, 1.82) is 0 Å². The van der Waals surface area contributed by atoms with Gasteiger partial charge in [-0.1, -0.05) is 41.9 Å². The molecule has 0 aromatic heterocycles. The summed E-state index contributed by atoms with van der Waals surface area (Å²) in [6, 6.07) is 14.1. The van der Waals surface area contributed by atoms with Crippen LogP contribution < -0.4 is 16.0 Å². The molecule has 2 rings (SSSR count). The molecule has 2 amide bonds. The minimum absolute atomic E-state index is 0.00663. The van der Waals surface area contributed by atoms with Crippen LogP contribution in [0.5, 0.6) is 0 Å². The predicted octanol–water partition coefficient (Wildman–Crippen LogP) is 4.00. The minimum Gasteiger partial charge on any atom is -0.350 e. The quantitative estimate of drug-likeness (QED) is 0.523. The van der Waals surface area contributed by atoms with Gasteiger partial charge in [0.05, 0.1) is 11.3 Å². The fraction of sp³-hybridized carbons (Fsp3) is 0.150. The molecule has 140 valence electrons. The van der Waals surface area contributed by atoms with Crippen LogP contribution in [0.1, 0.15) is 29.8 Å². The lowest BCUT2D eigenvalue weighted by atomic mass is 10.1. The normalized spacial score (nSPS) is 10.7. The maximum atomic E-state index is 12.3. The smallest absolute Gasteiger partial charge is 0.253 e. The lowest BCUT2D eigenvalue weighted by Gasteiger charge is -2.14. The minimum atomic E-state index is -0.406. The maximum absolute atomic E-state index is 12.3. The van der Waals surface area contributed by atoms with Gasteiger partial charge >= 0.3 is 0 Å². The molecule has 3 N–H and O–H groups in total. The van der Waals surface area contributed by atoms with Crippen LogP contribution in [0.25, 0.3) is 6.08 Å². The Bertz CT molecular complexity index is 881. The number of carbonyl (C=O) groups is 2. The van der Waals surface area contributed by atoms with Gasteiger partial charge in [0.25, 0.3) is 5.91 Å². The third-order valence-corrected chi connectivity index (χ3v) is 3.94. The summed E-state index contributed by atoms with van der Waals surface area (Å²) in [6.07, 6.45) is 2.94. The van der Waals surface area contributed by atoms with Crippen molar-refractivity contribution < 1.29 is 9.59 Å². The van der Waals surface area contributed by atoms with E-state index >= 15 is 0 Å². The van der Waals surface area contributed by atoms with E-state index in [9.17, 15) is 9.59 Å². The van der Waals surface area contributed by atoms with Crippen molar-refractivity contribution in [2.24, 2.45) is 0 Å². The molecular weight excluding hydrogens is 382 g/mol. The van der Waals surface area contributed by atoms with Crippen LogP contribution in [0.4, 0.5) is 5.69 Å². The van der Waals surface area contributed by atoms with Gasteiger partial charge < -0.3 is 10.6 Å². The Morgan fingerprint density at radius 3 is 2.44 bits per heavy atom. The molecule has 0 saturated heterocycles. The van der Waals surface area contributed by atoms with Crippen molar-refractivity contribution in [2.45, 2.75) is 19.9 Å². The highest BCUT2D eigenvalue weighted by atomic mass is 35.5. The van der Waals surface area contributed by atoms with E-state index in [2.05, 4.69) is 16.0 Å². The number of nitrogens with one attached hydrogen (secondary N) is 3. The van der Waals surface area contributed by atoms with Crippen molar-refractivity contribution in [2.75, 3.05) is 5.32 Å². The number of anilines is 1. The summed E-state index contributed by atoms with van der Waals surface area (Å²) in [7, 11) is 0. The molecule has 0 unspecified atom stereocenters. The molecule has 0 aliphatic heterocycles. The molecule has 0 saturated carbocycles. The van der Waals surface area contributed by atoms with E-state index in [0.29, 0.717) is 16.3 Å². The summed E-state index contributed by atoms with van der Waals surface area (Å²) in [5.41, 5.74) is 1.68. The molecule has 5 nitrogen and oxygen atoms in total. The van der Waals surface area contributed by atoms with Crippen LogP contribution in [0.3, 0.4) is 0 Å². The van der Waals surface area contributed by atoms with Gasteiger partial charge in [-0.25, -0.2) is 0 Å². The highest BCUT2D eigenvalue weighted by Crippen LogP contribution is 2.16.